The van der Waals surface area contributed by atoms with Crippen LogP contribution >= 0.6 is 0 Å². The summed E-state index contributed by atoms with van der Waals surface area (Å²) in [6.07, 6.45) is 2.95. The van der Waals surface area contributed by atoms with Crippen LogP contribution in [-0.2, 0) is 4.84 Å². The molecule has 0 spiro atoms. The summed E-state index contributed by atoms with van der Waals surface area (Å²) < 4.78 is 0. The second kappa shape index (κ2) is 1.78. The summed E-state index contributed by atoms with van der Waals surface area (Å²) in [5.41, 5.74) is 1.19. The minimum absolute atomic E-state index is 0.369. The van der Waals surface area contributed by atoms with E-state index in [9.17, 15) is 0 Å². The lowest BCUT2D eigenvalue weighted by Crippen LogP contribution is -2.32. The molecule has 1 N–H and O–H groups in total. The van der Waals surface area contributed by atoms with Crippen LogP contribution in [0.4, 0.5) is 0 Å². The van der Waals surface area contributed by atoms with Crippen molar-refractivity contribution in [1.82, 2.24) is 5.32 Å². The fraction of sp³-hybridized carbons (Fsp3) is 0.875. The largest absolute Gasteiger partial charge is 0.390 e. The van der Waals surface area contributed by atoms with Gasteiger partial charge in [-0.15, -0.1) is 0 Å². The monoisotopic (exact) mass is 152 g/mol. The summed E-state index contributed by atoms with van der Waals surface area (Å²) in [5.74, 6) is 0.591. The maximum atomic E-state index is 5.35. The first-order valence-electron chi connectivity index (χ1n) is 4.32. The van der Waals surface area contributed by atoms with E-state index in [0.29, 0.717) is 24.1 Å². The zero-order valence-corrected chi connectivity index (χ0v) is 6.58. The summed E-state index contributed by atoms with van der Waals surface area (Å²) in [5, 5.41) is 7.59. The Labute approximate surface area is 65.8 Å². The van der Waals surface area contributed by atoms with Gasteiger partial charge in [0.1, 0.15) is 0 Å². The van der Waals surface area contributed by atoms with E-state index in [1.165, 1.54) is 18.6 Å². The Hall–Kier alpha value is -0.570. The minimum atomic E-state index is 0.369. The molecule has 3 rings (SSSR count). The van der Waals surface area contributed by atoms with Crippen molar-refractivity contribution in [3.05, 3.63) is 0 Å². The van der Waals surface area contributed by atoms with E-state index in [1.807, 2.05) is 0 Å². The van der Waals surface area contributed by atoms with E-state index in [4.69, 9.17) is 4.84 Å². The number of nitrogens with zero attached hydrogens (tertiary/aromatic N) is 1. The molecule has 0 aromatic carbocycles. The predicted octanol–water partition coefficient (Wildman–Crippen LogP) is 0.512. The highest BCUT2D eigenvalue weighted by atomic mass is 16.6. The van der Waals surface area contributed by atoms with E-state index < -0.39 is 0 Å². The zero-order chi connectivity index (χ0) is 7.42. The van der Waals surface area contributed by atoms with Gasteiger partial charge in [-0.25, -0.2) is 0 Å². The number of nitrogens with one attached hydrogen (secondary N) is 1. The Balaban J connectivity index is 1.96. The van der Waals surface area contributed by atoms with E-state index in [-0.39, 0.29) is 0 Å². The summed E-state index contributed by atoms with van der Waals surface area (Å²) in [7, 11) is 0. The maximum Gasteiger partial charge on any atom is 0.152 e. The van der Waals surface area contributed by atoms with Crippen LogP contribution in [0.1, 0.15) is 19.8 Å². The molecule has 2 saturated heterocycles. The number of rotatable bonds is 0. The van der Waals surface area contributed by atoms with Crippen molar-refractivity contribution in [2.45, 2.75) is 38.0 Å². The maximum absolute atomic E-state index is 5.35. The van der Waals surface area contributed by atoms with Crippen LogP contribution in [0, 0.1) is 5.92 Å². The van der Waals surface area contributed by atoms with Gasteiger partial charge in [0.25, 0.3) is 0 Å². The molecule has 0 aromatic rings. The number of hydrogen-bond acceptors (Lipinski definition) is 3. The molecular weight excluding hydrogens is 140 g/mol. The van der Waals surface area contributed by atoms with Gasteiger partial charge in [-0.3, -0.25) is 0 Å². The van der Waals surface area contributed by atoms with Gasteiger partial charge in [-0.2, -0.15) is 0 Å². The first-order chi connectivity index (χ1) is 5.36. The molecule has 0 aromatic heterocycles. The van der Waals surface area contributed by atoms with Crippen LogP contribution in [0.25, 0.3) is 0 Å². The van der Waals surface area contributed by atoms with E-state index >= 15 is 0 Å². The molecule has 0 radical (unpaired) electrons. The van der Waals surface area contributed by atoms with Gasteiger partial charge in [0.05, 0.1) is 11.6 Å². The third-order valence-corrected chi connectivity index (χ3v) is 3.20. The molecule has 3 heteroatoms. The van der Waals surface area contributed by atoms with Crippen molar-refractivity contribution in [1.29, 1.82) is 0 Å². The highest BCUT2D eigenvalue weighted by Crippen LogP contribution is 2.39. The third-order valence-electron chi connectivity index (χ3n) is 3.20. The fourth-order valence-electron chi connectivity index (χ4n) is 2.70. The topological polar surface area (TPSA) is 33.6 Å². The van der Waals surface area contributed by atoms with Crippen molar-refractivity contribution in [2.75, 3.05) is 0 Å². The first kappa shape index (κ1) is 6.00. The van der Waals surface area contributed by atoms with E-state index in [2.05, 4.69) is 17.4 Å². The van der Waals surface area contributed by atoms with Gasteiger partial charge in [-0.05, 0) is 19.8 Å². The Morgan fingerprint density at radius 3 is 3.09 bits per heavy atom. The lowest BCUT2D eigenvalue weighted by molar-refractivity contribution is 0.0505. The molecular formula is C8H12N2O. The van der Waals surface area contributed by atoms with Crippen molar-refractivity contribution in [2.24, 2.45) is 11.1 Å². The Morgan fingerprint density at radius 1 is 1.45 bits per heavy atom. The lowest BCUT2D eigenvalue weighted by atomic mass is 9.84. The zero-order valence-electron chi connectivity index (χ0n) is 6.58. The van der Waals surface area contributed by atoms with Gasteiger partial charge in [-0.1, -0.05) is 5.16 Å². The van der Waals surface area contributed by atoms with Gasteiger partial charge < -0.3 is 10.2 Å². The van der Waals surface area contributed by atoms with E-state index in [1.54, 1.807) is 0 Å². The van der Waals surface area contributed by atoms with Crippen LogP contribution in [0.3, 0.4) is 0 Å². The van der Waals surface area contributed by atoms with Crippen molar-refractivity contribution in [3.63, 3.8) is 0 Å². The second-order valence-electron chi connectivity index (χ2n) is 3.79. The first-order valence-corrected chi connectivity index (χ1v) is 4.32. The predicted molar refractivity (Wildman–Crippen MR) is 41.4 cm³/mol. The van der Waals surface area contributed by atoms with Crippen molar-refractivity contribution >= 4 is 5.71 Å². The SMILES string of the molecule is CC1=NOC2C3CCC(N3)C12. The molecule has 3 aliphatic heterocycles. The van der Waals surface area contributed by atoms with Gasteiger partial charge in [0, 0.05) is 12.1 Å². The number of fused-ring (bicyclic) bond motifs is 5. The summed E-state index contributed by atoms with van der Waals surface area (Å²) in [6.45, 7) is 2.08. The minimum Gasteiger partial charge on any atom is -0.390 e. The quantitative estimate of drug-likeness (QED) is 0.548. The average molecular weight is 152 g/mol. The molecule has 0 amide bonds. The average Bonchev–Trinajstić information content (AvgIpc) is 2.60. The number of hydrogen-bond donors (Lipinski definition) is 1. The second-order valence-corrected chi connectivity index (χ2v) is 3.79. The molecule has 4 atom stereocenters. The summed E-state index contributed by atoms with van der Waals surface area (Å²) in [6, 6.07) is 1.25. The lowest BCUT2D eigenvalue weighted by Gasteiger charge is -2.19. The number of oxime groups is 1. The molecule has 11 heavy (non-hydrogen) atoms. The molecule has 3 nitrogen and oxygen atoms in total. The molecule has 2 bridgehead atoms. The van der Waals surface area contributed by atoms with Crippen LogP contribution in [0.2, 0.25) is 0 Å². The summed E-state index contributed by atoms with van der Waals surface area (Å²) in [4.78, 5) is 5.35. The standard InChI is InChI=1S/C8H12N2O/c1-4-7-5-2-3-6(9-5)8(7)11-10-4/h5-9H,2-3H2,1H3. The molecule has 4 unspecified atom stereocenters. The highest BCUT2D eigenvalue weighted by molar-refractivity contribution is 5.87. The molecule has 2 fully saturated rings. The van der Waals surface area contributed by atoms with Crippen LogP contribution in [-0.4, -0.2) is 23.9 Å². The van der Waals surface area contributed by atoms with Crippen molar-refractivity contribution < 1.29 is 4.84 Å². The van der Waals surface area contributed by atoms with Crippen LogP contribution in [0.15, 0.2) is 5.16 Å². The molecule has 0 saturated carbocycles. The normalized spacial score (nSPS) is 52.3. The molecule has 3 heterocycles. The van der Waals surface area contributed by atoms with Crippen LogP contribution in [0.5, 0.6) is 0 Å². The third kappa shape index (κ3) is 0.601. The smallest absolute Gasteiger partial charge is 0.152 e. The Kier molecular flexibility index (Phi) is 0.969. The summed E-state index contributed by atoms with van der Waals surface area (Å²) >= 11 is 0. The van der Waals surface area contributed by atoms with Crippen molar-refractivity contribution in [3.8, 4) is 0 Å². The molecule has 0 aliphatic carbocycles. The molecule has 3 aliphatic rings. The molecule has 60 valence electrons. The van der Waals surface area contributed by atoms with E-state index in [0.717, 1.165) is 0 Å². The van der Waals surface area contributed by atoms with Gasteiger partial charge in [0.2, 0.25) is 0 Å². The Bertz CT molecular complexity index is 226. The fourth-order valence-corrected chi connectivity index (χ4v) is 2.70. The van der Waals surface area contributed by atoms with Crippen LogP contribution < -0.4 is 5.32 Å². The Morgan fingerprint density at radius 2 is 2.27 bits per heavy atom. The highest BCUT2D eigenvalue weighted by Gasteiger charge is 2.52. The van der Waals surface area contributed by atoms with Gasteiger partial charge >= 0.3 is 0 Å². The van der Waals surface area contributed by atoms with Gasteiger partial charge in [0.15, 0.2) is 6.10 Å².